The van der Waals surface area contributed by atoms with E-state index in [4.69, 9.17) is 5.73 Å². The van der Waals surface area contributed by atoms with Gasteiger partial charge in [-0.1, -0.05) is 18.2 Å². The average Bonchev–Trinajstić information content (AvgIpc) is 2.40. The molecule has 20 heavy (non-hydrogen) atoms. The van der Waals surface area contributed by atoms with E-state index >= 15 is 0 Å². The van der Waals surface area contributed by atoms with Crippen molar-refractivity contribution in [3.05, 3.63) is 65.5 Å². The maximum absolute atomic E-state index is 13.0. The van der Waals surface area contributed by atoms with Gasteiger partial charge in [-0.15, -0.1) is 0 Å². The summed E-state index contributed by atoms with van der Waals surface area (Å²) in [6.07, 6.45) is 2.89. The van der Waals surface area contributed by atoms with Crippen LogP contribution < -0.4 is 11.1 Å². The molecule has 0 unspecified atom stereocenters. The first-order valence-corrected chi connectivity index (χ1v) is 6.15. The molecule has 0 atom stereocenters. The van der Waals surface area contributed by atoms with Gasteiger partial charge in [0.2, 0.25) is 5.91 Å². The van der Waals surface area contributed by atoms with Gasteiger partial charge in [0.1, 0.15) is 5.82 Å². The number of hydrogen-bond acceptors (Lipinski definition) is 2. The number of nitrogens with two attached hydrogens (primary N) is 1. The molecule has 0 aromatic heterocycles. The standard InChI is InChI=1S/C16H15FN2O/c1-11-5-7-15(14(18)9-11)19-16(20)8-6-12-3-2-4-13(17)10-12/h2-10H,18H2,1H3,(H,19,20)/b8-6+. The van der Waals surface area contributed by atoms with Crippen molar-refractivity contribution in [1.82, 2.24) is 0 Å². The lowest BCUT2D eigenvalue weighted by Crippen LogP contribution is -2.09. The van der Waals surface area contributed by atoms with Crippen molar-refractivity contribution >= 4 is 23.4 Å². The Morgan fingerprint density at radius 3 is 2.75 bits per heavy atom. The van der Waals surface area contributed by atoms with Crippen LogP contribution >= 0.6 is 0 Å². The van der Waals surface area contributed by atoms with E-state index in [9.17, 15) is 9.18 Å². The van der Waals surface area contributed by atoms with Crippen LogP contribution in [0.5, 0.6) is 0 Å². The molecule has 0 saturated carbocycles. The highest BCUT2D eigenvalue weighted by Gasteiger charge is 2.02. The number of nitrogen functional groups attached to an aromatic ring is 1. The molecule has 2 rings (SSSR count). The van der Waals surface area contributed by atoms with E-state index in [1.165, 1.54) is 18.2 Å². The normalized spacial score (nSPS) is 10.7. The van der Waals surface area contributed by atoms with Crippen molar-refractivity contribution in [2.24, 2.45) is 0 Å². The molecule has 4 heteroatoms. The highest BCUT2D eigenvalue weighted by molar-refractivity contribution is 6.03. The lowest BCUT2D eigenvalue weighted by molar-refractivity contribution is -0.111. The Kier molecular flexibility index (Phi) is 4.15. The number of hydrogen-bond donors (Lipinski definition) is 2. The summed E-state index contributed by atoms with van der Waals surface area (Å²) in [5, 5.41) is 2.68. The van der Waals surface area contributed by atoms with Gasteiger partial charge in [0.25, 0.3) is 0 Å². The maximum atomic E-state index is 13.0. The van der Waals surface area contributed by atoms with Gasteiger partial charge >= 0.3 is 0 Å². The zero-order valence-electron chi connectivity index (χ0n) is 11.1. The number of aryl methyl sites for hydroxylation is 1. The number of nitrogens with one attached hydrogen (secondary N) is 1. The molecule has 0 fully saturated rings. The predicted octanol–water partition coefficient (Wildman–Crippen LogP) is 3.37. The van der Waals surface area contributed by atoms with Crippen LogP contribution in [-0.4, -0.2) is 5.91 Å². The van der Waals surface area contributed by atoms with Crippen LogP contribution in [0, 0.1) is 12.7 Å². The lowest BCUT2D eigenvalue weighted by atomic mass is 10.2. The number of halogens is 1. The van der Waals surface area contributed by atoms with Crippen molar-refractivity contribution in [3.63, 3.8) is 0 Å². The fourth-order valence-corrected chi connectivity index (χ4v) is 1.75. The quantitative estimate of drug-likeness (QED) is 0.663. The Morgan fingerprint density at radius 1 is 1.25 bits per heavy atom. The minimum Gasteiger partial charge on any atom is -0.397 e. The van der Waals surface area contributed by atoms with Crippen LogP contribution in [0.15, 0.2) is 48.5 Å². The smallest absolute Gasteiger partial charge is 0.248 e. The van der Waals surface area contributed by atoms with Gasteiger partial charge in [-0.05, 0) is 48.4 Å². The summed E-state index contributed by atoms with van der Waals surface area (Å²) < 4.78 is 13.0. The molecule has 1 amide bonds. The van der Waals surface area contributed by atoms with Crippen LogP contribution in [0.25, 0.3) is 6.08 Å². The summed E-state index contributed by atoms with van der Waals surface area (Å²) in [4.78, 5) is 11.8. The molecule has 0 aliphatic carbocycles. The van der Waals surface area contributed by atoms with Gasteiger partial charge in [0.05, 0.1) is 11.4 Å². The fraction of sp³-hybridized carbons (Fsp3) is 0.0625. The number of rotatable bonds is 3. The molecule has 0 heterocycles. The number of amides is 1. The van der Waals surface area contributed by atoms with Crippen molar-refractivity contribution in [1.29, 1.82) is 0 Å². The SMILES string of the molecule is Cc1ccc(NC(=O)/C=C/c2cccc(F)c2)c(N)c1. The molecule has 3 N–H and O–H groups in total. The van der Waals surface area contributed by atoms with Crippen molar-refractivity contribution in [3.8, 4) is 0 Å². The van der Waals surface area contributed by atoms with Crippen LogP contribution in [0.1, 0.15) is 11.1 Å². The molecule has 2 aromatic carbocycles. The molecule has 3 nitrogen and oxygen atoms in total. The predicted molar refractivity (Wildman–Crippen MR) is 79.7 cm³/mol. The minimum absolute atomic E-state index is 0.315. The van der Waals surface area contributed by atoms with Gasteiger partial charge in [-0.3, -0.25) is 4.79 Å². The second-order valence-electron chi connectivity index (χ2n) is 4.47. The lowest BCUT2D eigenvalue weighted by Gasteiger charge is -2.06. The van der Waals surface area contributed by atoms with E-state index in [-0.39, 0.29) is 11.7 Å². The Balaban J connectivity index is 2.05. The fourth-order valence-electron chi connectivity index (χ4n) is 1.75. The molecule has 2 aromatic rings. The Bertz CT molecular complexity index is 665. The molecule has 0 spiro atoms. The van der Waals surface area contributed by atoms with Crippen LogP contribution in [0.2, 0.25) is 0 Å². The van der Waals surface area contributed by atoms with Gasteiger partial charge < -0.3 is 11.1 Å². The topological polar surface area (TPSA) is 55.1 Å². The maximum Gasteiger partial charge on any atom is 0.248 e. The summed E-state index contributed by atoms with van der Waals surface area (Å²) >= 11 is 0. The van der Waals surface area contributed by atoms with E-state index in [2.05, 4.69) is 5.32 Å². The first-order chi connectivity index (χ1) is 9.54. The Labute approximate surface area is 116 Å². The van der Waals surface area contributed by atoms with Gasteiger partial charge in [0, 0.05) is 6.08 Å². The number of benzene rings is 2. The summed E-state index contributed by atoms with van der Waals surface area (Å²) in [6, 6.07) is 11.4. The van der Waals surface area contributed by atoms with Gasteiger partial charge in [0.15, 0.2) is 0 Å². The second-order valence-corrected chi connectivity index (χ2v) is 4.47. The molecule has 0 bridgehead atoms. The second kappa shape index (κ2) is 6.02. The molecule has 0 radical (unpaired) electrons. The van der Waals surface area contributed by atoms with E-state index in [0.717, 1.165) is 5.56 Å². The Hall–Kier alpha value is -2.62. The van der Waals surface area contributed by atoms with Gasteiger partial charge in [-0.25, -0.2) is 4.39 Å². The minimum atomic E-state index is -0.338. The molecule has 102 valence electrons. The van der Waals surface area contributed by atoms with Crippen molar-refractivity contribution in [2.75, 3.05) is 11.1 Å². The monoisotopic (exact) mass is 270 g/mol. The third kappa shape index (κ3) is 3.68. The van der Waals surface area contributed by atoms with E-state index in [1.54, 1.807) is 30.3 Å². The summed E-state index contributed by atoms with van der Waals surface area (Å²) in [7, 11) is 0. The van der Waals surface area contributed by atoms with Crippen molar-refractivity contribution in [2.45, 2.75) is 6.92 Å². The van der Waals surface area contributed by atoms with Crippen LogP contribution in [0.3, 0.4) is 0 Å². The largest absolute Gasteiger partial charge is 0.397 e. The van der Waals surface area contributed by atoms with Crippen molar-refractivity contribution < 1.29 is 9.18 Å². The zero-order valence-corrected chi connectivity index (χ0v) is 11.1. The number of anilines is 2. The molecular weight excluding hydrogens is 255 g/mol. The summed E-state index contributed by atoms with van der Waals surface area (Å²) in [5.74, 6) is -0.653. The average molecular weight is 270 g/mol. The van der Waals surface area contributed by atoms with Crippen LogP contribution in [0.4, 0.5) is 15.8 Å². The first-order valence-electron chi connectivity index (χ1n) is 6.15. The third-order valence-electron chi connectivity index (χ3n) is 2.74. The first kappa shape index (κ1) is 13.8. The van der Waals surface area contributed by atoms with E-state index in [1.807, 2.05) is 13.0 Å². The van der Waals surface area contributed by atoms with Gasteiger partial charge in [-0.2, -0.15) is 0 Å². The van der Waals surface area contributed by atoms with E-state index in [0.29, 0.717) is 16.9 Å². The molecular formula is C16H15FN2O. The van der Waals surface area contributed by atoms with Crippen LogP contribution in [-0.2, 0) is 4.79 Å². The zero-order chi connectivity index (χ0) is 14.5. The molecule has 0 aliphatic rings. The highest BCUT2D eigenvalue weighted by atomic mass is 19.1. The number of carbonyl (C=O) groups is 1. The highest BCUT2D eigenvalue weighted by Crippen LogP contribution is 2.19. The molecule has 0 saturated heterocycles. The van der Waals surface area contributed by atoms with E-state index < -0.39 is 0 Å². The summed E-state index contributed by atoms with van der Waals surface area (Å²) in [6.45, 7) is 1.92. The third-order valence-corrected chi connectivity index (χ3v) is 2.74. The number of carbonyl (C=O) groups excluding carboxylic acids is 1. The summed E-state index contributed by atoms with van der Waals surface area (Å²) in [5.41, 5.74) is 8.53. The Morgan fingerprint density at radius 2 is 2.05 bits per heavy atom. The molecule has 0 aliphatic heterocycles.